The summed E-state index contributed by atoms with van der Waals surface area (Å²) in [4.78, 5) is 52.9. The third kappa shape index (κ3) is 26.1. The summed E-state index contributed by atoms with van der Waals surface area (Å²) in [6.07, 6.45) is 13.7. The van der Waals surface area contributed by atoms with Gasteiger partial charge in [0.15, 0.2) is 11.2 Å². The lowest BCUT2D eigenvalue weighted by molar-refractivity contribution is -0.161. The first-order chi connectivity index (χ1) is 17.1. The van der Waals surface area contributed by atoms with Gasteiger partial charge in [0.1, 0.15) is 6.61 Å². The second kappa shape index (κ2) is 23.2. The van der Waals surface area contributed by atoms with Gasteiger partial charge < -0.3 is 19.3 Å². The van der Waals surface area contributed by atoms with Crippen molar-refractivity contribution < 1.29 is 42.7 Å². The van der Waals surface area contributed by atoms with Crippen LogP contribution in [0.15, 0.2) is 0 Å². The maximum absolute atomic E-state index is 12.1. The van der Waals surface area contributed by atoms with E-state index in [4.69, 9.17) is 19.3 Å². The maximum atomic E-state index is 12.1. The lowest BCUT2D eigenvalue weighted by Gasteiger charge is -2.18. The van der Waals surface area contributed by atoms with Crippen molar-refractivity contribution in [3.05, 3.63) is 0 Å². The molecule has 0 bridgehead atoms. The molecule has 0 saturated heterocycles. The molecule has 0 aromatic rings. The average Bonchev–Trinajstić information content (AvgIpc) is 2.80. The highest BCUT2D eigenvalue weighted by Crippen LogP contribution is 2.35. The van der Waals surface area contributed by atoms with E-state index in [9.17, 15) is 18.9 Å². The summed E-state index contributed by atoms with van der Waals surface area (Å²) in [5, 5.41) is 0.141. The van der Waals surface area contributed by atoms with Crippen molar-refractivity contribution in [2.45, 2.75) is 123 Å². The van der Waals surface area contributed by atoms with Gasteiger partial charge >= 0.3 is 19.8 Å². The molecular formula is C25H47O9PS. The molecule has 9 nitrogen and oxygen atoms in total. The van der Waals surface area contributed by atoms with E-state index in [-0.39, 0.29) is 24.6 Å². The number of esters is 2. The third-order valence-electron chi connectivity index (χ3n) is 5.47. The predicted molar refractivity (Wildman–Crippen MR) is 142 cm³/mol. The predicted octanol–water partition coefficient (Wildman–Crippen LogP) is 6.09. The van der Waals surface area contributed by atoms with Crippen LogP contribution in [0, 0.1) is 0 Å². The van der Waals surface area contributed by atoms with Gasteiger partial charge in [-0.25, -0.2) is 4.57 Å². The van der Waals surface area contributed by atoms with Crippen molar-refractivity contribution in [2.75, 3.05) is 19.0 Å². The molecule has 0 unspecified atom stereocenters. The normalized spacial score (nSPS) is 12.3. The van der Waals surface area contributed by atoms with E-state index >= 15 is 0 Å². The number of hydrogen-bond donors (Lipinski definition) is 2. The van der Waals surface area contributed by atoms with E-state index in [1.54, 1.807) is 6.92 Å². The zero-order chi connectivity index (χ0) is 27.1. The quantitative estimate of drug-likeness (QED) is 0.0819. The van der Waals surface area contributed by atoms with Gasteiger partial charge in [-0.05, 0) is 19.3 Å². The maximum Gasteiger partial charge on any atom is 0.469 e. The van der Waals surface area contributed by atoms with Crippen molar-refractivity contribution in [3.8, 4) is 0 Å². The Morgan fingerprint density at radius 2 is 1.25 bits per heavy atom. The van der Waals surface area contributed by atoms with E-state index in [1.165, 1.54) is 37.4 Å². The van der Waals surface area contributed by atoms with Crippen molar-refractivity contribution in [1.82, 2.24) is 0 Å². The monoisotopic (exact) mass is 554 g/mol. The summed E-state index contributed by atoms with van der Waals surface area (Å²) in [7, 11) is -4.74. The molecule has 212 valence electrons. The second-order valence-electron chi connectivity index (χ2n) is 9.02. The molecule has 0 aliphatic carbocycles. The number of ether oxygens (including phenoxy) is 2. The summed E-state index contributed by atoms with van der Waals surface area (Å²) in [6, 6.07) is 0. The molecule has 0 heterocycles. The molecule has 0 fully saturated rings. The number of rotatable bonds is 24. The Kier molecular flexibility index (Phi) is 22.6. The molecule has 0 aliphatic rings. The van der Waals surface area contributed by atoms with Crippen LogP contribution in [-0.2, 0) is 32.9 Å². The summed E-state index contributed by atoms with van der Waals surface area (Å²) in [5.41, 5.74) is 0. The van der Waals surface area contributed by atoms with Crippen LogP contribution < -0.4 is 0 Å². The van der Waals surface area contributed by atoms with Crippen LogP contribution in [0.3, 0.4) is 0 Å². The van der Waals surface area contributed by atoms with Crippen molar-refractivity contribution >= 4 is 36.6 Å². The zero-order valence-electron chi connectivity index (χ0n) is 22.1. The lowest BCUT2D eigenvalue weighted by Crippen LogP contribution is -2.29. The fraction of sp³-hybridized carbons (Fsp3) is 0.880. The van der Waals surface area contributed by atoms with Crippen LogP contribution in [0.4, 0.5) is 0 Å². The SMILES string of the molecule is CCCCCCCCCCC(=O)O[C@H](COC(=O)CCCCCCCCSC(C)=O)COP(=O)(O)O. The summed E-state index contributed by atoms with van der Waals surface area (Å²) >= 11 is 1.34. The number of carbonyl (C=O) groups excluding carboxylic acids is 3. The van der Waals surface area contributed by atoms with E-state index in [0.717, 1.165) is 57.1 Å². The van der Waals surface area contributed by atoms with Gasteiger partial charge in [0, 0.05) is 25.5 Å². The average molecular weight is 555 g/mol. The molecular weight excluding hydrogens is 507 g/mol. The fourth-order valence-electron chi connectivity index (χ4n) is 3.50. The minimum atomic E-state index is -4.74. The Labute approximate surface area is 221 Å². The van der Waals surface area contributed by atoms with Gasteiger partial charge in [0.05, 0.1) is 6.61 Å². The molecule has 0 spiro atoms. The van der Waals surface area contributed by atoms with Crippen LogP contribution in [0.25, 0.3) is 0 Å². The Bertz CT molecular complexity index is 639. The first-order valence-electron chi connectivity index (χ1n) is 13.3. The third-order valence-corrected chi connectivity index (χ3v) is 6.86. The highest BCUT2D eigenvalue weighted by Gasteiger charge is 2.22. The molecule has 0 aliphatic heterocycles. The van der Waals surface area contributed by atoms with Gasteiger partial charge in [-0.2, -0.15) is 0 Å². The fourth-order valence-corrected chi connectivity index (χ4v) is 4.49. The van der Waals surface area contributed by atoms with Gasteiger partial charge in [-0.3, -0.25) is 18.9 Å². The van der Waals surface area contributed by atoms with Crippen molar-refractivity contribution in [3.63, 3.8) is 0 Å². The van der Waals surface area contributed by atoms with Gasteiger partial charge in [0.2, 0.25) is 0 Å². The molecule has 2 N–H and O–H groups in total. The molecule has 36 heavy (non-hydrogen) atoms. The Morgan fingerprint density at radius 1 is 0.750 bits per heavy atom. The molecule has 0 aromatic carbocycles. The number of carbonyl (C=O) groups is 3. The number of thioether (sulfide) groups is 1. The van der Waals surface area contributed by atoms with E-state index in [2.05, 4.69) is 11.4 Å². The molecule has 0 radical (unpaired) electrons. The summed E-state index contributed by atoms with van der Waals surface area (Å²) < 4.78 is 25.9. The molecule has 0 rings (SSSR count). The first kappa shape index (κ1) is 35.1. The largest absolute Gasteiger partial charge is 0.469 e. The van der Waals surface area contributed by atoms with Crippen LogP contribution in [0.2, 0.25) is 0 Å². The van der Waals surface area contributed by atoms with E-state index in [0.29, 0.717) is 12.8 Å². The topological polar surface area (TPSA) is 136 Å². The Hall–Kier alpha value is -0.930. The minimum Gasteiger partial charge on any atom is -0.462 e. The van der Waals surface area contributed by atoms with Gasteiger partial charge in [-0.15, -0.1) is 0 Å². The van der Waals surface area contributed by atoms with Crippen LogP contribution in [-0.4, -0.2) is 51.9 Å². The highest BCUT2D eigenvalue weighted by molar-refractivity contribution is 8.13. The molecule has 0 aromatic heterocycles. The van der Waals surface area contributed by atoms with E-state index in [1.807, 2.05) is 0 Å². The summed E-state index contributed by atoms with van der Waals surface area (Å²) in [5.74, 6) is -0.107. The Morgan fingerprint density at radius 3 is 1.78 bits per heavy atom. The number of unbranched alkanes of at least 4 members (excludes halogenated alkanes) is 12. The van der Waals surface area contributed by atoms with Crippen LogP contribution >= 0.6 is 19.6 Å². The molecule has 1 atom stereocenters. The zero-order valence-corrected chi connectivity index (χ0v) is 23.8. The minimum absolute atomic E-state index is 0.141. The highest BCUT2D eigenvalue weighted by atomic mass is 32.2. The van der Waals surface area contributed by atoms with Gasteiger partial charge in [-0.1, -0.05) is 89.3 Å². The lowest BCUT2D eigenvalue weighted by atomic mass is 10.1. The molecule has 0 saturated carbocycles. The first-order valence-corrected chi connectivity index (χ1v) is 15.8. The molecule has 0 amide bonds. The van der Waals surface area contributed by atoms with E-state index < -0.39 is 32.5 Å². The smallest absolute Gasteiger partial charge is 0.462 e. The van der Waals surface area contributed by atoms with Crippen molar-refractivity contribution in [2.24, 2.45) is 0 Å². The number of phosphoric acid groups is 1. The van der Waals surface area contributed by atoms with Crippen LogP contribution in [0.1, 0.15) is 117 Å². The van der Waals surface area contributed by atoms with Crippen molar-refractivity contribution in [1.29, 1.82) is 0 Å². The molecule has 11 heteroatoms. The second-order valence-corrected chi connectivity index (χ2v) is 11.5. The number of phosphoric ester groups is 1. The Balaban J connectivity index is 4.10. The van der Waals surface area contributed by atoms with Crippen LogP contribution in [0.5, 0.6) is 0 Å². The standard InChI is InChI=1S/C25H47O9PS/c1-3-4-5-6-7-8-12-15-18-25(28)34-23(21-33-35(29,30)31)20-32-24(27)17-14-11-9-10-13-16-19-36-22(2)26/h23H,3-21H2,1-2H3,(H2,29,30,31)/t23-/m1/s1. The van der Waals surface area contributed by atoms with Gasteiger partial charge in [0.25, 0.3) is 0 Å². The summed E-state index contributed by atoms with van der Waals surface area (Å²) in [6.45, 7) is 2.88. The number of hydrogen-bond acceptors (Lipinski definition) is 8.